The van der Waals surface area contributed by atoms with Crippen molar-refractivity contribution in [1.82, 2.24) is 4.90 Å². The van der Waals surface area contributed by atoms with E-state index in [1.54, 1.807) is 7.11 Å². The maximum atomic E-state index is 8.94. The summed E-state index contributed by atoms with van der Waals surface area (Å²) in [6, 6.07) is 1.91. The predicted octanol–water partition coefficient (Wildman–Crippen LogP) is 0.949. The van der Waals surface area contributed by atoms with Crippen LogP contribution in [0.3, 0.4) is 0 Å². The highest BCUT2D eigenvalue weighted by Crippen LogP contribution is 2.49. The Labute approximate surface area is 118 Å². The lowest BCUT2D eigenvalue weighted by atomic mass is 9.91. The molecule has 2 aliphatic rings. The van der Waals surface area contributed by atoms with E-state index in [1.807, 2.05) is 13.1 Å². The van der Waals surface area contributed by atoms with E-state index in [9.17, 15) is 0 Å². The molecule has 0 bridgehead atoms. The van der Waals surface area contributed by atoms with E-state index < -0.39 is 0 Å². The molecule has 0 unspecified atom stereocenters. The number of fused-ring (bicyclic) bond motifs is 2. The monoisotopic (exact) mass is 275 g/mol. The Morgan fingerprint density at radius 1 is 1.50 bits per heavy atom. The van der Waals surface area contributed by atoms with Crippen LogP contribution < -0.4 is 14.2 Å². The molecule has 0 saturated heterocycles. The van der Waals surface area contributed by atoms with Gasteiger partial charge in [-0.05, 0) is 25.1 Å². The molecule has 5 heteroatoms. The number of hydrogen-bond acceptors (Lipinski definition) is 5. The quantitative estimate of drug-likeness (QED) is 0.773. The number of aliphatic hydroxyl groups is 1. The van der Waals surface area contributed by atoms with Gasteiger partial charge in [-0.3, -0.25) is 4.90 Å². The van der Waals surface area contributed by atoms with Crippen molar-refractivity contribution in [3.63, 3.8) is 0 Å². The molecule has 1 aromatic rings. The molecule has 106 valence electrons. The van der Waals surface area contributed by atoms with E-state index >= 15 is 0 Å². The molecule has 3 rings (SSSR count). The van der Waals surface area contributed by atoms with Crippen molar-refractivity contribution < 1.29 is 19.3 Å². The van der Waals surface area contributed by atoms with Crippen LogP contribution >= 0.6 is 0 Å². The third-order valence-corrected chi connectivity index (χ3v) is 3.71. The average molecular weight is 275 g/mol. The van der Waals surface area contributed by atoms with E-state index in [0.29, 0.717) is 11.5 Å². The summed E-state index contributed by atoms with van der Waals surface area (Å²) in [6.45, 7) is 0.977. The molecule has 20 heavy (non-hydrogen) atoms. The Kier molecular flexibility index (Phi) is 3.43. The minimum atomic E-state index is -0.146. The highest BCUT2D eigenvalue weighted by molar-refractivity contribution is 5.62. The van der Waals surface area contributed by atoms with Crippen LogP contribution in [0.1, 0.15) is 17.2 Å². The van der Waals surface area contributed by atoms with Crippen LogP contribution in [0.15, 0.2) is 6.07 Å². The maximum Gasteiger partial charge on any atom is 0.231 e. The van der Waals surface area contributed by atoms with Crippen LogP contribution in [0, 0.1) is 11.8 Å². The van der Waals surface area contributed by atoms with Gasteiger partial charge in [0.2, 0.25) is 12.5 Å². The fraction of sp³-hybridized carbons (Fsp3) is 0.467. The zero-order chi connectivity index (χ0) is 14.1. The SMILES string of the molecule is COc1c2c(cc3c1[C@H](C#CCO)N(C)CC3)OCO2. The third kappa shape index (κ3) is 1.98. The first-order valence-corrected chi connectivity index (χ1v) is 6.55. The summed E-state index contributed by atoms with van der Waals surface area (Å²) in [5.41, 5.74) is 2.19. The van der Waals surface area contributed by atoms with E-state index in [-0.39, 0.29) is 19.4 Å². The second-order valence-corrected chi connectivity index (χ2v) is 4.83. The van der Waals surface area contributed by atoms with Crippen molar-refractivity contribution >= 4 is 0 Å². The van der Waals surface area contributed by atoms with Crippen molar-refractivity contribution in [2.24, 2.45) is 0 Å². The molecule has 1 aromatic carbocycles. The van der Waals surface area contributed by atoms with E-state index in [2.05, 4.69) is 16.7 Å². The number of aliphatic hydroxyl groups excluding tert-OH is 1. The summed E-state index contributed by atoms with van der Waals surface area (Å²) in [4.78, 5) is 2.15. The molecule has 0 spiro atoms. The molecule has 1 N–H and O–H groups in total. The fourth-order valence-electron chi connectivity index (χ4n) is 2.76. The van der Waals surface area contributed by atoms with Crippen molar-refractivity contribution in [2.45, 2.75) is 12.5 Å². The van der Waals surface area contributed by atoms with Crippen LogP contribution in [-0.2, 0) is 6.42 Å². The lowest BCUT2D eigenvalue weighted by molar-refractivity contribution is 0.171. The minimum Gasteiger partial charge on any atom is -0.492 e. The lowest BCUT2D eigenvalue weighted by Crippen LogP contribution is -2.31. The zero-order valence-corrected chi connectivity index (χ0v) is 11.6. The number of benzene rings is 1. The molecule has 0 fully saturated rings. The van der Waals surface area contributed by atoms with E-state index in [4.69, 9.17) is 19.3 Å². The van der Waals surface area contributed by atoms with Gasteiger partial charge < -0.3 is 19.3 Å². The van der Waals surface area contributed by atoms with E-state index in [1.165, 1.54) is 5.56 Å². The summed E-state index contributed by atoms with van der Waals surface area (Å²) in [7, 11) is 3.65. The van der Waals surface area contributed by atoms with Crippen LogP contribution in [0.5, 0.6) is 17.2 Å². The van der Waals surface area contributed by atoms with Crippen LogP contribution in [0.4, 0.5) is 0 Å². The Balaban J connectivity index is 2.17. The van der Waals surface area contributed by atoms with Gasteiger partial charge in [0.25, 0.3) is 0 Å². The molecule has 0 aromatic heterocycles. The number of nitrogens with zero attached hydrogens (tertiary/aromatic N) is 1. The Morgan fingerprint density at radius 3 is 3.10 bits per heavy atom. The van der Waals surface area contributed by atoms with Gasteiger partial charge >= 0.3 is 0 Å². The Bertz CT molecular complexity index is 588. The van der Waals surface area contributed by atoms with Crippen LogP contribution in [-0.4, -0.2) is 44.1 Å². The summed E-state index contributed by atoms with van der Waals surface area (Å²) in [5.74, 6) is 7.92. The summed E-state index contributed by atoms with van der Waals surface area (Å²) >= 11 is 0. The van der Waals surface area contributed by atoms with Crippen molar-refractivity contribution in [1.29, 1.82) is 0 Å². The molecule has 2 heterocycles. The van der Waals surface area contributed by atoms with Gasteiger partial charge in [0.05, 0.1) is 7.11 Å². The zero-order valence-electron chi connectivity index (χ0n) is 11.6. The second kappa shape index (κ2) is 5.23. The second-order valence-electron chi connectivity index (χ2n) is 4.83. The lowest BCUT2D eigenvalue weighted by Gasteiger charge is -2.32. The van der Waals surface area contributed by atoms with Gasteiger partial charge in [-0.2, -0.15) is 0 Å². The predicted molar refractivity (Wildman–Crippen MR) is 73.1 cm³/mol. The Hall–Kier alpha value is -1.90. The molecule has 5 nitrogen and oxygen atoms in total. The molecule has 1 atom stereocenters. The van der Waals surface area contributed by atoms with Gasteiger partial charge in [0.1, 0.15) is 12.6 Å². The standard InChI is InChI=1S/C15H17NO4/c1-16-6-5-10-8-12-14(20-9-19-12)15(18-2)13(10)11(16)4-3-7-17/h8,11,17H,5-7,9H2,1-2H3/t11-/m0/s1. The van der Waals surface area contributed by atoms with Gasteiger partial charge in [0.15, 0.2) is 11.5 Å². The first-order chi connectivity index (χ1) is 9.76. The molecule has 0 saturated carbocycles. The molecule has 0 aliphatic carbocycles. The Morgan fingerprint density at radius 2 is 2.35 bits per heavy atom. The van der Waals surface area contributed by atoms with Gasteiger partial charge in [0, 0.05) is 12.1 Å². The van der Waals surface area contributed by atoms with Crippen molar-refractivity contribution in [3.05, 3.63) is 17.2 Å². The van der Waals surface area contributed by atoms with Gasteiger partial charge in [-0.1, -0.05) is 11.8 Å². The number of methoxy groups -OCH3 is 1. The largest absolute Gasteiger partial charge is 0.492 e. The van der Waals surface area contributed by atoms with Gasteiger partial charge in [-0.15, -0.1) is 0 Å². The topological polar surface area (TPSA) is 51.2 Å². The normalized spacial score (nSPS) is 20.1. The van der Waals surface area contributed by atoms with E-state index in [0.717, 1.165) is 24.3 Å². The highest BCUT2D eigenvalue weighted by atomic mass is 16.7. The number of rotatable bonds is 1. The highest BCUT2D eigenvalue weighted by Gasteiger charge is 2.33. The molecule has 0 radical (unpaired) electrons. The number of likely N-dealkylation sites (N-methyl/N-ethyl adjacent to an activating group) is 1. The third-order valence-electron chi connectivity index (χ3n) is 3.71. The van der Waals surface area contributed by atoms with Gasteiger partial charge in [-0.25, -0.2) is 0 Å². The maximum absolute atomic E-state index is 8.94. The first-order valence-electron chi connectivity index (χ1n) is 6.55. The first kappa shape index (κ1) is 13.1. The van der Waals surface area contributed by atoms with Crippen LogP contribution in [0.2, 0.25) is 0 Å². The smallest absolute Gasteiger partial charge is 0.231 e. The minimum absolute atomic E-state index is 0.102. The summed E-state index contributed by atoms with van der Waals surface area (Å²) in [5, 5.41) is 8.94. The molecule has 0 amide bonds. The molecule has 2 aliphatic heterocycles. The molecular formula is C15H17NO4. The number of ether oxygens (including phenoxy) is 3. The fourth-order valence-corrected chi connectivity index (χ4v) is 2.76. The average Bonchev–Trinajstić information content (AvgIpc) is 2.92. The van der Waals surface area contributed by atoms with Crippen LogP contribution in [0.25, 0.3) is 0 Å². The summed E-state index contributed by atoms with van der Waals surface area (Å²) < 4.78 is 16.5. The van der Waals surface area contributed by atoms with Crippen molar-refractivity contribution in [3.8, 4) is 29.1 Å². The number of hydrogen-bond donors (Lipinski definition) is 1. The molecular weight excluding hydrogens is 258 g/mol. The summed E-state index contributed by atoms with van der Waals surface area (Å²) in [6.07, 6.45) is 0.913. The van der Waals surface area contributed by atoms with Crippen molar-refractivity contribution in [2.75, 3.05) is 34.1 Å².